The van der Waals surface area contributed by atoms with Crippen molar-refractivity contribution in [3.63, 3.8) is 0 Å². The largest absolute Gasteiger partial charge is 0.337 e. The Morgan fingerprint density at radius 3 is 2.39 bits per heavy atom. The molecule has 0 saturated carbocycles. The second-order valence-corrected chi connectivity index (χ2v) is 6.37. The maximum absolute atomic E-state index is 12.7. The second kappa shape index (κ2) is 8.65. The standard InChI is InChI=1S/C23H19N3O2/c1-26(16-17-7-3-2-4-8-17)23(28)20-11-6-10-19(14-20)22(27)25-21-12-5-9-18(13-21)15-24/h2-14H,16H2,1H3,(H,25,27). The highest BCUT2D eigenvalue weighted by atomic mass is 16.2. The highest BCUT2D eigenvalue weighted by Gasteiger charge is 2.15. The molecule has 0 aliphatic rings. The summed E-state index contributed by atoms with van der Waals surface area (Å²) in [6.45, 7) is 0.483. The monoisotopic (exact) mass is 369 g/mol. The third-order valence-electron chi connectivity index (χ3n) is 4.23. The van der Waals surface area contributed by atoms with E-state index in [0.717, 1.165) is 5.56 Å². The topological polar surface area (TPSA) is 73.2 Å². The van der Waals surface area contributed by atoms with E-state index in [1.54, 1.807) is 60.5 Å². The van der Waals surface area contributed by atoms with Gasteiger partial charge in [-0.25, -0.2) is 0 Å². The Balaban J connectivity index is 1.73. The molecule has 0 heterocycles. The number of nitrogens with one attached hydrogen (secondary N) is 1. The predicted molar refractivity (Wildman–Crippen MR) is 108 cm³/mol. The van der Waals surface area contributed by atoms with Gasteiger partial charge in [-0.05, 0) is 42.0 Å². The molecule has 0 radical (unpaired) electrons. The summed E-state index contributed by atoms with van der Waals surface area (Å²) in [5.41, 5.74) is 2.84. The van der Waals surface area contributed by atoms with Gasteiger partial charge in [-0.2, -0.15) is 5.26 Å². The van der Waals surface area contributed by atoms with Gasteiger partial charge in [0.15, 0.2) is 0 Å². The molecule has 5 nitrogen and oxygen atoms in total. The van der Waals surface area contributed by atoms with Gasteiger partial charge in [-0.3, -0.25) is 9.59 Å². The molecule has 5 heteroatoms. The Bertz CT molecular complexity index is 1040. The number of carbonyl (C=O) groups excluding carboxylic acids is 2. The summed E-state index contributed by atoms with van der Waals surface area (Å²) in [5, 5.41) is 11.7. The van der Waals surface area contributed by atoms with Crippen LogP contribution in [0.25, 0.3) is 0 Å². The lowest BCUT2D eigenvalue weighted by molar-refractivity contribution is 0.0785. The summed E-state index contributed by atoms with van der Waals surface area (Å²) in [5.74, 6) is -0.500. The fourth-order valence-corrected chi connectivity index (χ4v) is 2.81. The average Bonchev–Trinajstić information content (AvgIpc) is 2.74. The Kier molecular flexibility index (Phi) is 5.83. The normalized spacial score (nSPS) is 10.0. The van der Waals surface area contributed by atoms with E-state index in [1.165, 1.54) is 0 Å². The fraction of sp³-hybridized carbons (Fsp3) is 0.0870. The minimum Gasteiger partial charge on any atom is -0.337 e. The summed E-state index contributed by atoms with van der Waals surface area (Å²) >= 11 is 0. The summed E-state index contributed by atoms with van der Waals surface area (Å²) < 4.78 is 0. The van der Waals surface area contributed by atoms with Crippen LogP contribution in [-0.2, 0) is 6.54 Å². The van der Waals surface area contributed by atoms with E-state index in [0.29, 0.717) is 28.9 Å². The van der Waals surface area contributed by atoms with Crippen LogP contribution in [0.3, 0.4) is 0 Å². The molecule has 2 amide bonds. The van der Waals surface area contributed by atoms with Gasteiger partial charge in [0.1, 0.15) is 0 Å². The average molecular weight is 369 g/mol. The highest BCUT2D eigenvalue weighted by molar-refractivity contribution is 6.06. The van der Waals surface area contributed by atoms with E-state index < -0.39 is 0 Å². The molecular weight excluding hydrogens is 350 g/mol. The van der Waals surface area contributed by atoms with Gasteiger partial charge in [-0.1, -0.05) is 42.5 Å². The Labute approximate surface area is 163 Å². The number of carbonyl (C=O) groups is 2. The molecule has 0 aromatic heterocycles. The summed E-state index contributed by atoms with van der Waals surface area (Å²) in [4.78, 5) is 26.9. The molecule has 3 aromatic carbocycles. The van der Waals surface area contributed by atoms with Crippen molar-refractivity contribution in [1.82, 2.24) is 4.90 Å². The van der Waals surface area contributed by atoms with E-state index in [9.17, 15) is 9.59 Å². The first-order valence-corrected chi connectivity index (χ1v) is 8.78. The lowest BCUT2D eigenvalue weighted by Crippen LogP contribution is -2.26. The van der Waals surface area contributed by atoms with Crippen LogP contribution < -0.4 is 5.32 Å². The van der Waals surface area contributed by atoms with Crippen molar-refractivity contribution >= 4 is 17.5 Å². The third kappa shape index (κ3) is 4.63. The van der Waals surface area contributed by atoms with Gasteiger partial charge in [0.25, 0.3) is 11.8 Å². The van der Waals surface area contributed by atoms with Crippen molar-refractivity contribution in [2.24, 2.45) is 0 Å². The molecule has 0 fully saturated rings. The van der Waals surface area contributed by atoms with E-state index >= 15 is 0 Å². The van der Waals surface area contributed by atoms with Crippen LogP contribution in [0.2, 0.25) is 0 Å². The third-order valence-corrected chi connectivity index (χ3v) is 4.23. The van der Waals surface area contributed by atoms with Crippen molar-refractivity contribution in [2.75, 3.05) is 12.4 Å². The van der Waals surface area contributed by atoms with E-state index in [1.807, 2.05) is 36.4 Å². The van der Waals surface area contributed by atoms with Crippen molar-refractivity contribution in [2.45, 2.75) is 6.54 Å². The zero-order chi connectivity index (χ0) is 19.9. The minimum atomic E-state index is -0.338. The number of hydrogen-bond donors (Lipinski definition) is 1. The first kappa shape index (κ1) is 18.9. The molecule has 0 unspecified atom stereocenters. The number of benzene rings is 3. The van der Waals surface area contributed by atoms with Gasteiger partial charge in [0, 0.05) is 30.4 Å². The molecule has 1 N–H and O–H groups in total. The van der Waals surface area contributed by atoms with Crippen LogP contribution in [0.15, 0.2) is 78.9 Å². The predicted octanol–water partition coefficient (Wildman–Crippen LogP) is 4.08. The molecule has 28 heavy (non-hydrogen) atoms. The molecular formula is C23H19N3O2. The van der Waals surface area contributed by atoms with Crippen molar-refractivity contribution < 1.29 is 9.59 Å². The maximum atomic E-state index is 12.7. The molecule has 0 aliphatic heterocycles. The zero-order valence-electron chi connectivity index (χ0n) is 15.4. The van der Waals surface area contributed by atoms with Crippen molar-refractivity contribution in [1.29, 1.82) is 5.26 Å². The van der Waals surface area contributed by atoms with Gasteiger partial charge >= 0.3 is 0 Å². The van der Waals surface area contributed by atoms with Crippen LogP contribution >= 0.6 is 0 Å². The Morgan fingerprint density at radius 1 is 0.929 bits per heavy atom. The fourth-order valence-electron chi connectivity index (χ4n) is 2.81. The summed E-state index contributed by atoms with van der Waals surface area (Å²) in [7, 11) is 1.73. The van der Waals surface area contributed by atoms with Crippen LogP contribution in [0.4, 0.5) is 5.69 Å². The second-order valence-electron chi connectivity index (χ2n) is 6.37. The Morgan fingerprint density at radius 2 is 1.64 bits per heavy atom. The van der Waals surface area contributed by atoms with Crippen LogP contribution in [0.5, 0.6) is 0 Å². The molecule has 3 rings (SSSR count). The number of amides is 2. The van der Waals surface area contributed by atoms with Gasteiger partial charge in [0.05, 0.1) is 11.6 Å². The highest BCUT2D eigenvalue weighted by Crippen LogP contribution is 2.14. The summed E-state index contributed by atoms with van der Waals surface area (Å²) in [6, 6.07) is 25.0. The number of nitriles is 1. The molecule has 0 aliphatic carbocycles. The van der Waals surface area contributed by atoms with Crippen molar-refractivity contribution in [3.05, 3.63) is 101 Å². The van der Waals surface area contributed by atoms with Crippen LogP contribution in [0.1, 0.15) is 31.8 Å². The molecule has 0 saturated heterocycles. The molecule has 0 bridgehead atoms. The minimum absolute atomic E-state index is 0.162. The van der Waals surface area contributed by atoms with E-state index in [4.69, 9.17) is 5.26 Å². The maximum Gasteiger partial charge on any atom is 0.255 e. The molecule has 0 atom stereocenters. The number of nitrogens with zero attached hydrogens (tertiary/aromatic N) is 2. The van der Waals surface area contributed by atoms with E-state index in [-0.39, 0.29) is 11.8 Å². The zero-order valence-corrected chi connectivity index (χ0v) is 15.4. The lowest BCUT2D eigenvalue weighted by Gasteiger charge is -2.17. The smallest absolute Gasteiger partial charge is 0.255 e. The number of hydrogen-bond acceptors (Lipinski definition) is 3. The summed E-state index contributed by atoms with van der Waals surface area (Å²) in [6.07, 6.45) is 0. The van der Waals surface area contributed by atoms with Gasteiger partial charge < -0.3 is 10.2 Å². The first-order chi connectivity index (χ1) is 13.6. The van der Waals surface area contributed by atoms with Crippen molar-refractivity contribution in [3.8, 4) is 6.07 Å². The van der Waals surface area contributed by atoms with Crippen LogP contribution in [-0.4, -0.2) is 23.8 Å². The number of anilines is 1. The van der Waals surface area contributed by atoms with E-state index in [2.05, 4.69) is 5.32 Å². The number of rotatable bonds is 5. The Hall–Kier alpha value is -3.91. The molecule has 3 aromatic rings. The van der Waals surface area contributed by atoms with Gasteiger partial charge in [0.2, 0.25) is 0 Å². The quantitative estimate of drug-likeness (QED) is 0.736. The van der Waals surface area contributed by atoms with Crippen LogP contribution in [0, 0.1) is 11.3 Å². The molecule has 0 spiro atoms. The SMILES string of the molecule is CN(Cc1ccccc1)C(=O)c1cccc(C(=O)Nc2cccc(C#N)c2)c1. The first-order valence-electron chi connectivity index (χ1n) is 8.78. The molecule has 138 valence electrons. The lowest BCUT2D eigenvalue weighted by atomic mass is 10.1. The van der Waals surface area contributed by atoms with Gasteiger partial charge in [-0.15, -0.1) is 0 Å².